The standard InChI is InChI=1S/C62H79N13O11/c1-41(2)75-53-36-45(35-48(50(53)39-66-75)58(78)65-38-49-42(3)34-43(4)67-59(49)79)44-16-18-54(64-37-44)71-21-23-72(24-22-71)56(77)15-10-8-6-5-7-9-12-46-40-73(70-69-46)25-27-84-29-31-86-33-32-85-30-28-83-26-20-63-51-14-11-13-47-57(51)62(82)74(61(47)81)52-17-19-55(76)68-60(52)80/h11,13-14,16,18,34-37,39-41,52,63H,5-10,12,15,17,19-33,38H2,1-4H3,(H,65,78)(H,67,79)(H,68,76,80). The van der Waals surface area contributed by atoms with Crippen LogP contribution in [0.5, 0.6) is 0 Å². The number of nitrogens with zero attached hydrogens (tertiary/aromatic N) is 9. The first kappa shape index (κ1) is 62.3. The minimum Gasteiger partial charge on any atom is -0.382 e. The molecule has 458 valence electrons. The molecule has 3 aliphatic heterocycles. The van der Waals surface area contributed by atoms with Crippen molar-refractivity contribution >= 4 is 57.9 Å². The lowest BCUT2D eigenvalue weighted by Gasteiger charge is -2.35. The molecule has 0 saturated carbocycles. The summed E-state index contributed by atoms with van der Waals surface area (Å²) in [5.41, 5.74) is 6.76. The van der Waals surface area contributed by atoms with Crippen LogP contribution in [0.3, 0.4) is 0 Å². The number of carbonyl (C=O) groups is 6. The summed E-state index contributed by atoms with van der Waals surface area (Å²) in [5, 5.41) is 22.2. The number of unbranched alkanes of at least 4 members (excludes halogenated alkanes) is 5. The maximum absolute atomic E-state index is 13.8. The van der Waals surface area contributed by atoms with Crippen molar-refractivity contribution in [2.45, 2.75) is 117 Å². The average molecular weight is 1180 g/mol. The lowest BCUT2D eigenvalue weighted by molar-refractivity contribution is -0.136. The topological polar surface area (TPSA) is 279 Å². The Morgan fingerprint density at radius 1 is 0.779 bits per heavy atom. The number of hydrogen-bond acceptors (Lipinski definition) is 17. The first-order valence-corrected chi connectivity index (χ1v) is 30.0. The molecule has 86 heavy (non-hydrogen) atoms. The third-order valence-corrected chi connectivity index (χ3v) is 15.7. The molecule has 3 aliphatic rings. The molecule has 24 heteroatoms. The number of pyridine rings is 2. The lowest BCUT2D eigenvalue weighted by atomic mass is 10.0. The second-order valence-electron chi connectivity index (χ2n) is 22.2. The van der Waals surface area contributed by atoms with Gasteiger partial charge in [-0.15, -0.1) is 5.10 Å². The number of H-pyrrole nitrogens is 1. The second kappa shape index (κ2) is 30.2. The average Bonchev–Trinajstić information content (AvgIpc) is 2.00. The number of carbonyl (C=O) groups excluding carboxylic acids is 6. The zero-order valence-electron chi connectivity index (χ0n) is 49.7. The van der Waals surface area contributed by atoms with Gasteiger partial charge in [-0.1, -0.05) is 37.0 Å². The van der Waals surface area contributed by atoms with Crippen LogP contribution in [0.1, 0.15) is 131 Å². The van der Waals surface area contributed by atoms with Gasteiger partial charge < -0.3 is 44.4 Å². The highest BCUT2D eigenvalue weighted by atomic mass is 16.6. The quantitative estimate of drug-likeness (QED) is 0.0291. The van der Waals surface area contributed by atoms with Crippen LogP contribution in [0.4, 0.5) is 11.5 Å². The van der Waals surface area contributed by atoms with E-state index in [1.807, 2.05) is 80.0 Å². The predicted octanol–water partition coefficient (Wildman–Crippen LogP) is 5.71. The molecule has 2 aromatic carbocycles. The number of ether oxygens (including phenoxy) is 4. The Kier molecular flexibility index (Phi) is 21.9. The molecule has 0 bridgehead atoms. The van der Waals surface area contributed by atoms with E-state index in [1.165, 1.54) is 0 Å². The monoisotopic (exact) mass is 1180 g/mol. The van der Waals surface area contributed by atoms with Crippen molar-refractivity contribution in [1.29, 1.82) is 0 Å². The highest BCUT2D eigenvalue weighted by Gasteiger charge is 2.45. The van der Waals surface area contributed by atoms with Crippen LogP contribution in [0.2, 0.25) is 0 Å². The normalized spacial score (nSPS) is 15.3. The van der Waals surface area contributed by atoms with Crippen molar-refractivity contribution in [1.82, 2.24) is 55.2 Å². The van der Waals surface area contributed by atoms with E-state index in [2.05, 4.69) is 41.2 Å². The zero-order valence-corrected chi connectivity index (χ0v) is 49.7. The van der Waals surface area contributed by atoms with Crippen LogP contribution in [0.15, 0.2) is 71.9 Å². The molecular weight excluding hydrogens is 1100 g/mol. The Bertz CT molecular complexity index is 3400. The van der Waals surface area contributed by atoms with Crippen molar-refractivity contribution in [2.24, 2.45) is 0 Å². The van der Waals surface area contributed by atoms with Crippen LogP contribution in [0.25, 0.3) is 22.0 Å². The van der Waals surface area contributed by atoms with Crippen LogP contribution >= 0.6 is 0 Å². The van der Waals surface area contributed by atoms with Gasteiger partial charge in [0.15, 0.2) is 0 Å². The van der Waals surface area contributed by atoms with Crippen molar-refractivity contribution in [3.8, 4) is 11.1 Å². The molecule has 1 unspecified atom stereocenters. The Morgan fingerprint density at radius 2 is 1.50 bits per heavy atom. The van der Waals surface area contributed by atoms with Crippen molar-refractivity contribution in [3.63, 3.8) is 0 Å². The van der Waals surface area contributed by atoms with Crippen LogP contribution in [-0.4, -0.2) is 172 Å². The van der Waals surface area contributed by atoms with Gasteiger partial charge in [0.1, 0.15) is 11.9 Å². The highest BCUT2D eigenvalue weighted by Crippen LogP contribution is 2.33. The van der Waals surface area contributed by atoms with Crippen molar-refractivity contribution < 1.29 is 47.7 Å². The number of aromatic amines is 1. The number of amides is 6. The zero-order chi connectivity index (χ0) is 60.5. The summed E-state index contributed by atoms with van der Waals surface area (Å²) < 4.78 is 26.3. The number of nitrogens with one attached hydrogen (secondary N) is 4. The fourth-order valence-electron chi connectivity index (χ4n) is 11.1. The van der Waals surface area contributed by atoms with Crippen molar-refractivity contribution in [2.75, 3.05) is 95.8 Å². The Balaban J connectivity index is 0.567. The molecule has 7 heterocycles. The number of hydrogen-bond donors (Lipinski definition) is 4. The Hall–Kier alpha value is -8.19. The molecule has 0 aliphatic carbocycles. The van der Waals surface area contributed by atoms with Crippen LogP contribution < -0.4 is 26.4 Å². The van der Waals surface area contributed by atoms with Gasteiger partial charge >= 0.3 is 0 Å². The maximum Gasteiger partial charge on any atom is 0.264 e. The summed E-state index contributed by atoms with van der Waals surface area (Å²) in [6.45, 7) is 14.8. The largest absolute Gasteiger partial charge is 0.382 e. The van der Waals surface area contributed by atoms with E-state index < -0.39 is 29.7 Å². The van der Waals surface area contributed by atoms with E-state index in [9.17, 15) is 33.6 Å². The third-order valence-electron chi connectivity index (χ3n) is 15.7. The van der Waals surface area contributed by atoms with Gasteiger partial charge in [0.25, 0.3) is 23.3 Å². The molecule has 0 radical (unpaired) electrons. The van der Waals surface area contributed by atoms with Gasteiger partial charge in [0.05, 0.1) is 93.5 Å². The van der Waals surface area contributed by atoms with Gasteiger partial charge in [-0.25, -0.2) is 9.67 Å². The summed E-state index contributed by atoms with van der Waals surface area (Å²) >= 11 is 0. The molecule has 2 saturated heterocycles. The number of fused-ring (bicyclic) bond motifs is 2. The number of piperidine rings is 1. The second-order valence-corrected chi connectivity index (χ2v) is 22.2. The smallest absolute Gasteiger partial charge is 0.264 e. The molecule has 6 aromatic rings. The van der Waals surface area contributed by atoms with E-state index in [-0.39, 0.29) is 53.9 Å². The lowest BCUT2D eigenvalue weighted by Crippen LogP contribution is -2.54. The summed E-state index contributed by atoms with van der Waals surface area (Å²) in [7, 11) is 0. The number of aryl methyl sites for hydroxylation is 3. The summed E-state index contributed by atoms with van der Waals surface area (Å²) in [6.07, 6.45) is 13.3. The fraction of sp³-hybridized carbons (Fsp3) is 0.500. The van der Waals surface area contributed by atoms with Crippen molar-refractivity contribution in [3.05, 3.63) is 117 Å². The maximum atomic E-state index is 13.8. The first-order valence-electron chi connectivity index (χ1n) is 30.0. The van der Waals surface area contributed by atoms with Gasteiger partial charge in [0.2, 0.25) is 17.7 Å². The Morgan fingerprint density at radius 3 is 2.21 bits per heavy atom. The molecule has 1 atom stereocenters. The van der Waals surface area contributed by atoms with E-state index in [1.54, 1.807) is 29.1 Å². The molecule has 2 fully saturated rings. The summed E-state index contributed by atoms with van der Waals surface area (Å²) in [6, 6.07) is 13.8. The number of anilines is 2. The summed E-state index contributed by atoms with van der Waals surface area (Å²) in [4.78, 5) is 103. The summed E-state index contributed by atoms with van der Waals surface area (Å²) in [5.74, 6) is -1.43. The number of benzene rings is 2. The van der Waals surface area contributed by atoms with Gasteiger partial charge in [-0.3, -0.25) is 48.5 Å². The molecule has 6 amide bonds. The molecule has 9 rings (SSSR count). The van der Waals surface area contributed by atoms with Gasteiger partial charge in [-0.05, 0) is 107 Å². The molecule has 4 N–H and O–H groups in total. The molecule has 0 spiro atoms. The predicted molar refractivity (Wildman–Crippen MR) is 321 cm³/mol. The first-order chi connectivity index (χ1) is 41.7. The number of aromatic nitrogens is 7. The van der Waals surface area contributed by atoms with E-state index >= 15 is 0 Å². The van der Waals surface area contributed by atoms with Crippen LogP contribution in [0, 0.1) is 13.8 Å². The molecular formula is C62H79N13O11. The van der Waals surface area contributed by atoms with Gasteiger partial charge in [0, 0.05) is 98.4 Å². The van der Waals surface area contributed by atoms with E-state index in [0.717, 1.165) is 94.6 Å². The Labute approximate surface area is 499 Å². The van der Waals surface area contributed by atoms with E-state index in [0.29, 0.717) is 115 Å². The minimum atomic E-state index is -1.02. The van der Waals surface area contributed by atoms with Crippen LogP contribution in [-0.2, 0) is 52.8 Å². The number of imide groups is 2. The third kappa shape index (κ3) is 16.0. The SMILES string of the molecule is Cc1cc(C)c(CNC(=O)c2cc(-c3ccc(N4CCN(C(=O)CCCCCCCCc5cn(CCOCCOCCOCCOCCNc6cccc7c6C(=O)N(C6CCC(=O)NC6=O)C7=O)nn5)CC4)nc3)cc3c2cnn3C(C)C)c(=O)[nH]1. The molecule has 24 nitrogen and oxygen atoms in total. The number of rotatable bonds is 32. The van der Waals surface area contributed by atoms with E-state index in [4.69, 9.17) is 23.9 Å². The molecule has 4 aromatic heterocycles. The fourth-order valence-corrected chi connectivity index (χ4v) is 11.1. The number of piperazine rings is 1. The highest BCUT2D eigenvalue weighted by molar-refractivity contribution is 6.25. The minimum absolute atomic E-state index is 0.0581. The van der Waals surface area contributed by atoms with Gasteiger partial charge in [-0.2, -0.15) is 5.10 Å².